The molecule has 130 valence electrons. The molecule has 6 heteroatoms. The molecule has 0 aliphatic heterocycles. The third-order valence-corrected chi connectivity index (χ3v) is 4.57. The highest BCUT2D eigenvalue weighted by atomic mass is 35.5. The van der Waals surface area contributed by atoms with Gasteiger partial charge in [0.05, 0.1) is 21.3 Å². The van der Waals surface area contributed by atoms with E-state index in [1.54, 1.807) is 54.6 Å². The Morgan fingerprint density at radius 2 is 1.42 bits per heavy atom. The number of ketones is 1. The largest absolute Gasteiger partial charge is 0.321 e. The number of hydrogen-bond donors (Lipinski definition) is 1. The van der Waals surface area contributed by atoms with Gasteiger partial charge in [0.1, 0.15) is 0 Å². The van der Waals surface area contributed by atoms with Crippen LogP contribution in [0.15, 0.2) is 66.7 Å². The second kappa shape index (κ2) is 7.92. The first kappa shape index (κ1) is 18.5. The number of benzene rings is 3. The lowest BCUT2D eigenvalue weighted by atomic mass is 10.0. The molecule has 0 fully saturated rings. The molecule has 0 bridgehead atoms. The van der Waals surface area contributed by atoms with Crippen LogP contribution in [0.5, 0.6) is 0 Å². The van der Waals surface area contributed by atoms with Gasteiger partial charge in [0, 0.05) is 16.1 Å². The molecule has 3 nitrogen and oxygen atoms in total. The van der Waals surface area contributed by atoms with Gasteiger partial charge in [-0.3, -0.25) is 9.59 Å². The molecule has 1 amide bonds. The zero-order chi connectivity index (χ0) is 18.7. The van der Waals surface area contributed by atoms with Gasteiger partial charge < -0.3 is 5.32 Å². The van der Waals surface area contributed by atoms with E-state index in [1.165, 1.54) is 6.07 Å². The summed E-state index contributed by atoms with van der Waals surface area (Å²) >= 11 is 18.2. The molecule has 3 rings (SSSR count). The van der Waals surface area contributed by atoms with Gasteiger partial charge in [-0.15, -0.1) is 0 Å². The minimum absolute atomic E-state index is 0.142. The fourth-order valence-electron chi connectivity index (χ4n) is 2.46. The minimum atomic E-state index is -0.509. The van der Waals surface area contributed by atoms with Gasteiger partial charge in [0.15, 0.2) is 5.78 Å². The first-order valence-corrected chi connectivity index (χ1v) is 8.75. The maximum absolute atomic E-state index is 12.8. The average molecular weight is 405 g/mol. The van der Waals surface area contributed by atoms with E-state index in [9.17, 15) is 9.59 Å². The molecule has 26 heavy (non-hydrogen) atoms. The highest BCUT2D eigenvalue weighted by molar-refractivity contribution is 6.40. The highest BCUT2D eigenvalue weighted by Crippen LogP contribution is 2.28. The third kappa shape index (κ3) is 3.91. The van der Waals surface area contributed by atoms with Gasteiger partial charge in [0.2, 0.25) is 0 Å². The number of halogens is 3. The molecule has 0 aromatic heterocycles. The Hall–Kier alpha value is -2.33. The molecule has 0 spiro atoms. The van der Waals surface area contributed by atoms with E-state index >= 15 is 0 Å². The van der Waals surface area contributed by atoms with Crippen molar-refractivity contribution in [3.63, 3.8) is 0 Å². The van der Waals surface area contributed by atoms with Crippen LogP contribution in [-0.2, 0) is 0 Å². The van der Waals surface area contributed by atoms with Crippen molar-refractivity contribution in [2.75, 3.05) is 5.32 Å². The van der Waals surface area contributed by atoms with Crippen molar-refractivity contribution >= 4 is 52.2 Å². The second-order valence-corrected chi connectivity index (χ2v) is 6.69. The number of anilines is 1. The number of carbonyl (C=O) groups excluding carboxylic acids is 2. The molecule has 0 saturated heterocycles. The van der Waals surface area contributed by atoms with Crippen LogP contribution in [0.25, 0.3) is 0 Å². The summed E-state index contributed by atoms with van der Waals surface area (Å²) in [6.07, 6.45) is 0. The Labute approximate surface area is 165 Å². The standard InChI is InChI=1S/C20H12Cl3NO2/c21-13-9-10-17(14(11-13)19(25)12-5-2-1-3-6-12)24-20(26)18-15(22)7-4-8-16(18)23/h1-11H,(H,24,26). The predicted octanol–water partition coefficient (Wildman–Crippen LogP) is 6.13. The van der Waals surface area contributed by atoms with Crippen molar-refractivity contribution in [3.05, 3.63) is 98.5 Å². The SMILES string of the molecule is O=C(c1ccccc1)c1cc(Cl)ccc1NC(=O)c1c(Cl)cccc1Cl. The van der Waals surface area contributed by atoms with Crippen molar-refractivity contribution in [1.29, 1.82) is 0 Å². The van der Waals surface area contributed by atoms with Crippen molar-refractivity contribution < 1.29 is 9.59 Å². The average Bonchev–Trinajstić information content (AvgIpc) is 2.63. The molecule has 0 saturated carbocycles. The fraction of sp³-hybridized carbons (Fsp3) is 0. The van der Waals surface area contributed by atoms with E-state index in [2.05, 4.69) is 5.32 Å². The molecular formula is C20H12Cl3NO2. The zero-order valence-corrected chi connectivity index (χ0v) is 15.6. The molecule has 3 aromatic carbocycles. The second-order valence-electron chi connectivity index (χ2n) is 5.44. The van der Waals surface area contributed by atoms with Gasteiger partial charge in [-0.05, 0) is 30.3 Å². The van der Waals surface area contributed by atoms with Crippen LogP contribution in [0.2, 0.25) is 15.1 Å². The summed E-state index contributed by atoms with van der Waals surface area (Å²) < 4.78 is 0. The Morgan fingerprint density at radius 1 is 0.769 bits per heavy atom. The Bertz CT molecular complexity index is 967. The van der Waals surface area contributed by atoms with Gasteiger partial charge in [-0.1, -0.05) is 71.2 Å². The minimum Gasteiger partial charge on any atom is -0.321 e. The number of nitrogens with one attached hydrogen (secondary N) is 1. The van der Waals surface area contributed by atoms with E-state index in [0.29, 0.717) is 16.3 Å². The van der Waals surface area contributed by atoms with Crippen molar-refractivity contribution in [1.82, 2.24) is 0 Å². The molecule has 3 aromatic rings. The van der Waals surface area contributed by atoms with Gasteiger partial charge in [-0.2, -0.15) is 0 Å². The van der Waals surface area contributed by atoms with Crippen LogP contribution in [0.3, 0.4) is 0 Å². The number of amides is 1. The predicted molar refractivity (Wildman–Crippen MR) is 106 cm³/mol. The van der Waals surface area contributed by atoms with Gasteiger partial charge in [-0.25, -0.2) is 0 Å². The molecule has 0 aliphatic rings. The molecule has 0 aliphatic carbocycles. The van der Waals surface area contributed by atoms with Crippen LogP contribution in [0.1, 0.15) is 26.3 Å². The van der Waals surface area contributed by atoms with Crippen molar-refractivity contribution in [3.8, 4) is 0 Å². The summed E-state index contributed by atoms with van der Waals surface area (Å²) in [5, 5.41) is 3.53. The van der Waals surface area contributed by atoms with Gasteiger partial charge in [0.25, 0.3) is 5.91 Å². The van der Waals surface area contributed by atoms with Crippen molar-refractivity contribution in [2.45, 2.75) is 0 Å². The lowest BCUT2D eigenvalue weighted by molar-refractivity contribution is 0.102. The quantitative estimate of drug-likeness (QED) is 0.532. The number of carbonyl (C=O) groups is 2. The first-order valence-electron chi connectivity index (χ1n) is 7.62. The van der Waals surface area contributed by atoms with Crippen LogP contribution < -0.4 is 5.32 Å². The topological polar surface area (TPSA) is 46.2 Å². The van der Waals surface area contributed by atoms with Crippen LogP contribution >= 0.6 is 34.8 Å². The normalized spacial score (nSPS) is 10.4. The van der Waals surface area contributed by atoms with E-state index < -0.39 is 5.91 Å². The van der Waals surface area contributed by atoms with Crippen LogP contribution in [-0.4, -0.2) is 11.7 Å². The maximum atomic E-state index is 12.8. The summed E-state index contributed by atoms with van der Waals surface area (Å²) in [4.78, 5) is 25.4. The molecular weight excluding hydrogens is 393 g/mol. The summed E-state index contributed by atoms with van der Waals surface area (Å²) in [6, 6.07) is 18.2. The first-order chi connectivity index (χ1) is 12.5. The van der Waals surface area contributed by atoms with Crippen LogP contribution in [0, 0.1) is 0 Å². The van der Waals surface area contributed by atoms with E-state index in [1.807, 2.05) is 6.07 Å². The Kier molecular flexibility index (Phi) is 5.62. The Morgan fingerprint density at radius 3 is 2.08 bits per heavy atom. The van der Waals surface area contributed by atoms with Crippen LogP contribution in [0.4, 0.5) is 5.69 Å². The van der Waals surface area contributed by atoms with E-state index in [-0.39, 0.29) is 27.0 Å². The molecule has 1 N–H and O–H groups in total. The number of hydrogen-bond acceptors (Lipinski definition) is 2. The molecule has 0 unspecified atom stereocenters. The highest BCUT2D eigenvalue weighted by Gasteiger charge is 2.19. The summed E-state index contributed by atoms with van der Waals surface area (Å²) in [5.41, 5.74) is 1.23. The smallest absolute Gasteiger partial charge is 0.258 e. The number of rotatable bonds is 4. The van der Waals surface area contributed by atoms with E-state index in [0.717, 1.165) is 0 Å². The Balaban J connectivity index is 1.99. The summed E-state index contributed by atoms with van der Waals surface area (Å²) in [7, 11) is 0. The molecule has 0 atom stereocenters. The third-order valence-electron chi connectivity index (χ3n) is 3.70. The monoisotopic (exact) mass is 403 g/mol. The lowest BCUT2D eigenvalue weighted by Crippen LogP contribution is -2.16. The maximum Gasteiger partial charge on any atom is 0.258 e. The lowest BCUT2D eigenvalue weighted by Gasteiger charge is -2.12. The summed E-state index contributed by atoms with van der Waals surface area (Å²) in [6.45, 7) is 0. The van der Waals surface area contributed by atoms with E-state index in [4.69, 9.17) is 34.8 Å². The van der Waals surface area contributed by atoms with Gasteiger partial charge >= 0.3 is 0 Å². The fourth-order valence-corrected chi connectivity index (χ4v) is 3.20. The van der Waals surface area contributed by atoms with Crippen molar-refractivity contribution in [2.24, 2.45) is 0 Å². The summed E-state index contributed by atoms with van der Waals surface area (Å²) in [5.74, 6) is -0.765. The molecule has 0 radical (unpaired) electrons. The zero-order valence-electron chi connectivity index (χ0n) is 13.3. The molecule has 0 heterocycles.